The fraction of sp³-hybridized carbons (Fsp3) is 0.200. The molecule has 0 saturated heterocycles. The van der Waals surface area contributed by atoms with Crippen LogP contribution in [0.15, 0.2) is 30.3 Å². The van der Waals surface area contributed by atoms with Gasteiger partial charge in [-0.05, 0) is 12.1 Å². The van der Waals surface area contributed by atoms with E-state index in [0.29, 0.717) is 16.0 Å². The molecule has 0 bridgehead atoms. The van der Waals surface area contributed by atoms with Crippen LogP contribution in [0.25, 0.3) is 0 Å². The summed E-state index contributed by atoms with van der Waals surface area (Å²) in [5.74, 6) is -0.513. The average Bonchev–Trinajstić information content (AvgIpc) is 2.17. The lowest BCUT2D eigenvalue weighted by Crippen LogP contribution is -2.19. The molecule has 1 rings (SSSR count). The van der Waals surface area contributed by atoms with E-state index >= 15 is 0 Å². The van der Waals surface area contributed by atoms with Crippen LogP contribution >= 0.6 is 0 Å². The quantitative estimate of drug-likeness (QED) is 0.284. The van der Waals surface area contributed by atoms with Gasteiger partial charge in [-0.1, -0.05) is 18.2 Å². The maximum absolute atomic E-state index is 11.4. The second-order valence-corrected chi connectivity index (χ2v) is 2.91. The molecule has 0 spiro atoms. The molecular weight excluding hydrogens is 166 g/mol. The predicted molar refractivity (Wildman–Crippen MR) is 50.8 cm³/mol. The molecule has 0 unspecified atom stereocenters. The second kappa shape index (κ2) is 3.85. The Bertz CT molecular complexity index is 337. The topological polar surface area (TPSA) is 43.1 Å². The summed E-state index contributed by atoms with van der Waals surface area (Å²) in [5.41, 5.74) is 0.854. The van der Waals surface area contributed by atoms with Crippen LogP contribution in [0.2, 0.25) is 0 Å². The van der Waals surface area contributed by atoms with Crippen molar-refractivity contribution < 1.29 is 9.53 Å². The van der Waals surface area contributed by atoms with Crippen molar-refractivity contribution in [3.8, 4) is 0 Å². The van der Waals surface area contributed by atoms with E-state index in [9.17, 15) is 10.0 Å². The van der Waals surface area contributed by atoms with Gasteiger partial charge in [0, 0.05) is 13.8 Å². The Balaban J connectivity index is 3.00. The Morgan fingerprint density at radius 1 is 1.23 bits per heavy atom. The van der Waals surface area contributed by atoms with E-state index in [0.717, 1.165) is 0 Å². The molecule has 0 heterocycles. The standard InChI is InChI=1S/C10H11NO2/c1-8(2)11(13)10(12)9-6-4-3-5-7-9/h3-7H,1-2H3. The molecule has 0 aliphatic rings. The third-order valence-corrected chi connectivity index (χ3v) is 1.61. The minimum absolute atomic E-state index is 0.398. The second-order valence-electron chi connectivity index (χ2n) is 2.91. The van der Waals surface area contributed by atoms with E-state index in [-0.39, 0.29) is 0 Å². The molecule has 1 aromatic rings. The molecule has 0 fully saturated rings. The van der Waals surface area contributed by atoms with Crippen molar-refractivity contribution in [2.75, 3.05) is 0 Å². The number of hydrogen-bond donors (Lipinski definition) is 0. The van der Waals surface area contributed by atoms with Crippen LogP contribution in [0.5, 0.6) is 0 Å². The molecule has 0 aromatic heterocycles. The lowest BCUT2D eigenvalue weighted by molar-refractivity contribution is -0.353. The van der Waals surface area contributed by atoms with E-state index < -0.39 is 5.91 Å². The molecular formula is C10H11NO2. The van der Waals surface area contributed by atoms with E-state index in [1.54, 1.807) is 44.2 Å². The lowest BCUT2D eigenvalue weighted by atomic mass is 10.2. The first-order valence-corrected chi connectivity index (χ1v) is 3.99. The SMILES string of the molecule is CC(C)=[N+]([O-])C(=O)c1ccccc1. The number of carbonyl (C=O) groups is 1. The molecule has 0 atom stereocenters. The highest BCUT2D eigenvalue weighted by molar-refractivity contribution is 5.92. The zero-order chi connectivity index (χ0) is 9.84. The molecule has 1 amide bonds. The summed E-state index contributed by atoms with van der Waals surface area (Å²) in [6, 6.07) is 8.50. The van der Waals surface area contributed by atoms with Gasteiger partial charge in [-0.2, -0.15) is 0 Å². The molecule has 68 valence electrons. The number of hydrogen-bond acceptors (Lipinski definition) is 2. The molecule has 3 nitrogen and oxygen atoms in total. The van der Waals surface area contributed by atoms with Crippen molar-refractivity contribution in [3.05, 3.63) is 41.1 Å². The fourth-order valence-electron chi connectivity index (χ4n) is 0.901. The monoisotopic (exact) mass is 177 g/mol. The van der Waals surface area contributed by atoms with Crippen molar-refractivity contribution in [1.82, 2.24) is 0 Å². The summed E-state index contributed by atoms with van der Waals surface area (Å²) in [5, 5.41) is 11.2. The molecule has 0 aliphatic heterocycles. The van der Waals surface area contributed by atoms with Crippen LogP contribution in [-0.2, 0) is 0 Å². The normalized spacial score (nSPS) is 9.38. The highest BCUT2D eigenvalue weighted by atomic mass is 16.5. The van der Waals surface area contributed by atoms with Gasteiger partial charge in [0.2, 0.25) is 0 Å². The van der Waals surface area contributed by atoms with E-state index in [1.165, 1.54) is 0 Å². The zero-order valence-corrected chi connectivity index (χ0v) is 7.65. The van der Waals surface area contributed by atoms with E-state index in [4.69, 9.17) is 0 Å². The molecule has 3 heteroatoms. The number of amides is 1. The van der Waals surface area contributed by atoms with Gasteiger partial charge in [0.05, 0.1) is 5.56 Å². The fourth-order valence-corrected chi connectivity index (χ4v) is 0.901. The number of nitrogens with zero attached hydrogens (tertiary/aromatic N) is 1. The molecule has 0 saturated carbocycles. The molecule has 0 aliphatic carbocycles. The first-order valence-electron chi connectivity index (χ1n) is 3.99. The molecule has 0 N–H and O–H groups in total. The average molecular weight is 177 g/mol. The van der Waals surface area contributed by atoms with Gasteiger partial charge < -0.3 is 5.21 Å². The Kier molecular flexibility index (Phi) is 2.80. The maximum atomic E-state index is 11.4. The molecule has 0 radical (unpaired) electrons. The Morgan fingerprint density at radius 3 is 2.23 bits per heavy atom. The number of hydroxylamine groups is 1. The summed E-state index contributed by atoms with van der Waals surface area (Å²) >= 11 is 0. The third-order valence-electron chi connectivity index (χ3n) is 1.61. The van der Waals surface area contributed by atoms with Gasteiger partial charge in [0.25, 0.3) is 0 Å². The van der Waals surface area contributed by atoms with Crippen molar-refractivity contribution in [2.45, 2.75) is 13.8 Å². The first kappa shape index (κ1) is 9.45. The highest BCUT2D eigenvalue weighted by Crippen LogP contribution is 2.00. The number of rotatable bonds is 1. The van der Waals surface area contributed by atoms with Crippen molar-refractivity contribution in [1.29, 1.82) is 0 Å². The Morgan fingerprint density at radius 2 is 1.77 bits per heavy atom. The molecule has 13 heavy (non-hydrogen) atoms. The van der Waals surface area contributed by atoms with Crippen molar-refractivity contribution in [3.63, 3.8) is 0 Å². The predicted octanol–water partition coefficient (Wildman–Crippen LogP) is 1.82. The highest BCUT2D eigenvalue weighted by Gasteiger charge is 2.14. The van der Waals surface area contributed by atoms with Crippen LogP contribution in [0.3, 0.4) is 0 Å². The lowest BCUT2D eigenvalue weighted by Gasteiger charge is -2.02. The zero-order valence-electron chi connectivity index (χ0n) is 7.65. The minimum Gasteiger partial charge on any atom is -0.616 e. The van der Waals surface area contributed by atoms with Gasteiger partial charge >= 0.3 is 5.91 Å². The van der Waals surface area contributed by atoms with Gasteiger partial charge in [-0.3, -0.25) is 0 Å². The van der Waals surface area contributed by atoms with Crippen LogP contribution in [0.4, 0.5) is 0 Å². The van der Waals surface area contributed by atoms with Crippen molar-refractivity contribution in [2.24, 2.45) is 0 Å². The van der Waals surface area contributed by atoms with Crippen LogP contribution < -0.4 is 0 Å². The first-order chi connectivity index (χ1) is 6.13. The smallest absolute Gasteiger partial charge is 0.430 e. The largest absolute Gasteiger partial charge is 0.616 e. The Labute approximate surface area is 76.9 Å². The summed E-state index contributed by atoms with van der Waals surface area (Å²) in [6.07, 6.45) is 0. The maximum Gasteiger partial charge on any atom is 0.430 e. The number of carbonyl (C=O) groups excluding carboxylic acids is 1. The molecule has 1 aromatic carbocycles. The minimum atomic E-state index is -0.513. The van der Waals surface area contributed by atoms with Gasteiger partial charge in [-0.15, -0.1) is 4.74 Å². The van der Waals surface area contributed by atoms with Gasteiger partial charge in [0.1, 0.15) is 0 Å². The summed E-state index contributed by atoms with van der Waals surface area (Å²) in [7, 11) is 0. The summed E-state index contributed by atoms with van der Waals surface area (Å²) < 4.78 is 0.398. The van der Waals surface area contributed by atoms with Crippen LogP contribution in [0, 0.1) is 5.21 Å². The van der Waals surface area contributed by atoms with Gasteiger partial charge in [-0.25, -0.2) is 4.79 Å². The van der Waals surface area contributed by atoms with E-state index in [2.05, 4.69) is 0 Å². The summed E-state index contributed by atoms with van der Waals surface area (Å²) in [6.45, 7) is 3.21. The van der Waals surface area contributed by atoms with Crippen molar-refractivity contribution >= 4 is 11.6 Å². The van der Waals surface area contributed by atoms with Crippen LogP contribution in [-0.4, -0.2) is 16.4 Å². The number of benzene rings is 1. The van der Waals surface area contributed by atoms with E-state index in [1.807, 2.05) is 0 Å². The Hall–Kier alpha value is -1.64. The van der Waals surface area contributed by atoms with Gasteiger partial charge in [0.15, 0.2) is 5.71 Å². The summed E-state index contributed by atoms with van der Waals surface area (Å²) in [4.78, 5) is 11.4. The third kappa shape index (κ3) is 2.15. The van der Waals surface area contributed by atoms with Crippen LogP contribution in [0.1, 0.15) is 24.2 Å².